The van der Waals surface area contributed by atoms with Crippen LogP contribution in [0.25, 0.3) is 0 Å². The molecule has 0 aliphatic carbocycles. The molecule has 3 rings (SSSR count). The minimum Gasteiger partial charge on any atom is -0.342 e. The summed E-state index contributed by atoms with van der Waals surface area (Å²) in [6.07, 6.45) is 3.46. The van der Waals surface area contributed by atoms with Crippen molar-refractivity contribution in [3.8, 4) is 0 Å². The average molecular weight is 299 g/mol. The van der Waals surface area contributed by atoms with E-state index < -0.39 is 10.0 Å². The number of nitrogens with zero attached hydrogens (tertiary/aromatic N) is 3. The zero-order valence-electron chi connectivity index (χ0n) is 10.7. The molecule has 104 valence electrons. The Kier molecular flexibility index (Phi) is 3.49. The Morgan fingerprint density at radius 1 is 1.16 bits per heavy atom. The average Bonchev–Trinajstić information content (AvgIpc) is 3.11. The summed E-state index contributed by atoms with van der Waals surface area (Å²) >= 11 is 1.26. The number of likely N-dealkylation sites (tertiary alicyclic amines) is 1. The van der Waals surface area contributed by atoms with Gasteiger partial charge in [-0.15, -0.1) is 11.3 Å². The Bertz CT molecular complexity index is 560. The zero-order valence-corrected chi connectivity index (χ0v) is 12.3. The molecule has 0 spiro atoms. The summed E-state index contributed by atoms with van der Waals surface area (Å²) in [6.45, 7) is 2.85. The first-order chi connectivity index (χ1) is 9.19. The predicted molar refractivity (Wildman–Crippen MR) is 75.9 cm³/mol. The van der Waals surface area contributed by atoms with Crippen molar-refractivity contribution >= 4 is 27.3 Å². The number of aliphatic imine (C=N–C) groups is 1. The number of sulfonamides is 1. The molecule has 2 aliphatic heterocycles. The first-order valence-electron chi connectivity index (χ1n) is 6.55. The second kappa shape index (κ2) is 5.13. The van der Waals surface area contributed by atoms with Crippen molar-refractivity contribution in [1.29, 1.82) is 0 Å². The Hall–Kier alpha value is -1.08. The number of guanidine groups is 1. The molecule has 19 heavy (non-hydrogen) atoms. The van der Waals surface area contributed by atoms with Gasteiger partial charge in [0, 0.05) is 13.1 Å². The second-order valence-electron chi connectivity index (χ2n) is 4.74. The topological polar surface area (TPSA) is 53.0 Å². The van der Waals surface area contributed by atoms with Crippen LogP contribution in [0.5, 0.6) is 0 Å². The van der Waals surface area contributed by atoms with Crippen LogP contribution in [0, 0.1) is 0 Å². The van der Waals surface area contributed by atoms with E-state index in [-0.39, 0.29) is 0 Å². The van der Waals surface area contributed by atoms with Gasteiger partial charge < -0.3 is 4.90 Å². The van der Waals surface area contributed by atoms with Crippen LogP contribution in [-0.2, 0) is 10.0 Å². The van der Waals surface area contributed by atoms with Crippen molar-refractivity contribution in [2.75, 3.05) is 26.2 Å². The molecule has 1 aromatic heterocycles. The van der Waals surface area contributed by atoms with Crippen LogP contribution >= 0.6 is 11.3 Å². The molecule has 1 aromatic rings. The maximum Gasteiger partial charge on any atom is 0.276 e. The highest BCUT2D eigenvalue weighted by molar-refractivity contribution is 7.91. The van der Waals surface area contributed by atoms with Gasteiger partial charge in [0.15, 0.2) is 0 Å². The lowest BCUT2D eigenvalue weighted by atomic mass is 10.1. The predicted octanol–water partition coefficient (Wildman–Crippen LogP) is 1.59. The van der Waals surface area contributed by atoms with Gasteiger partial charge in [-0.25, -0.2) is 12.7 Å². The third kappa shape index (κ3) is 2.36. The second-order valence-corrected chi connectivity index (χ2v) is 7.78. The summed E-state index contributed by atoms with van der Waals surface area (Å²) in [6, 6.07) is 3.43. The molecule has 1 fully saturated rings. The summed E-state index contributed by atoms with van der Waals surface area (Å²) in [5.74, 6) is 0.646. The van der Waals surface area contributed by atoms with Crippen LogP contribution < -0.4 is 0 Å². The normalized spacial score (nSPS) is 20.7. The number of hydrogen-bond acceptors (Lipinski definition) is 5. The summed E-state index contributed by atoms with van der Waals surface area (Å²) in [5, 5.41) is 1.79. The maximum absolute atomic E-state index is 12.6. The van der Waals surface area contributed by atoms with Gasteiger partial charge in [-0.3, -0.25) is 4.99 Å². The standard InChI is InChI=1S/C12H17N3O2S2/c16-19(17,11-5-4-10-18-11)15-9-6-13-12(15)14-7-2-1-3-8-14/h4-5,10H,1-3,6-9H2. The van der Waals surface area contributed by atoms with E-state index in [9.17, 15) is 8.42 Å². The number of hydrogen-bond donors (Lipinski definition) is 0. The van der Waals surface area contributed by atoms with E-state index in [2.05, 4.69) is 9.89 Å². The van der Waals surface area contributed by atoms with E-state index in [1.54, 1.807) is 17.5 Å². The van der Waals surface area contributed by atoms with Crippen molar-refractivity contribution < 1.29 is 8.42 Å². The largest absolute Gasteiger partial charge is 0.342 e. The van der Waals surface area contributed by atoms with Gasteiger partial charge >= 0.3 is 0 Å². The van der Waals surface area contributed by atoms with Crippen LogP contribution in [0.15, 0.2) is 26.7 Å². The van der Waals surface area contributed by atoms with Crippen molar-refractivity contribution in [2.45, 2.75) is 23.5 Å². The lowest BCUT2D eigenvalue weighted by Gasteiger charge is -2.32. The van der Waals surface area contributed by atoms with E-state index in [4.69, 9.17) is 0 Å². The van der Waals surface area contributed by atoms with Crippen LogP contribution in [0.1, 0.15) is 19.3 Å². The number of piperidine rings is 1. The molecule has 0 N–H and O–H groups in total. The van der Waals surface area contributed by atoms with Crippen LogP contribution in [0.2, 0.25) is 0 Å². The molecule has 0 amide bonds. The molecule has 7 heteroatoms. The van der Waals surface area contributed by atoms with Crippen molar-refractivity contribution in [3.05, 3.63) is 17.5 Å². The fraction of sp³-hybridized carbons (Fsp3) is 0.583. The SMILES string of the molecule is O=S(=O)(c1cccs1)N1CCN=C1N1CCCCC1. The van der Waals surface area contributed by atoms with E-state index >= 15 is 0 Å². The van der Waals surface area contributed by atoms with Gasteiger partial charge in [0.25, 0.3) is 10.0 Å². The molecule has 0 bridgehead atoms. The van der Waals surface area contributed by atoms with E-state index in [1.165, 1.54) is 22.1 Å². The molecule has 0 unspecified atom stereocenters. The fourth-order valence-electron chi connectivity index (χ4n) is 2.52. The maximum atomic E-state index is 12.6. The Morgan fingerprint density at radius 2 is 1.95 bits per heavy atom. The summed E-state index contributed by atoms with van der Waals surface area (Å²) in [5.41, 5.74) is 0. The van der Waals surface area contributed by atoms with Gasteiger partial charge in [-0.2, -0.15) is 0 Å². The Labute approximate surface area is 117 Å². The van der Waals surface area contributed by atoms with E-state index in [1.807, 2.05) is 0 Å². The molecule has 3 heterocycles. The fourth-order valence-corrected chi connectivity index (χ4v) is 5.07. The third-order valence-corrected chi connectivity index (χ3v) is 6.61. The third-order valence-electron chi connectivity index (χ3n) is 3.46. The minimum atomic E-state index is -3.41. The van der Waals surface area contributed by atoms with Gasteiger partial charge in [0.2, 0.25) is 5.96 Å². The molecular formula is C12H17N3O2S2. The van der Waals surface area contributed by atoms with Gasteiger partial charge in [-0.1, -0.05) is 6.07 Å². The van der Waals surface area contributed by atoms with Crippen molar-refractivity contribution in [2.24, 2.45) is 4.99 Å². The van der Waals surface area contributed by atoms with Gasteiger partial charge in [0.05, 0.1) is 13.1 Å². The number of thiophene rings is 1. The summed E-state index contributed by atoms with van der Waals surface area (Å²) in [4.78, 5) is 6.52. The molecule has 1 saturated heterocycles. The Balaban J connectivity index is 1.86. The molecule has 5 nitrogen and oxygen atoms in total. The molecule has 0 atom stereocenters. The van der Waals surface area contributed by atoms with Crippen LogP contribution in [0.3, 0.4) is 0 Å². The van der Waals surface area contributed by atoms with Crippen LogP contribution in [-0.4, -0.2) is 49.8 Å². The molecule has 2 aliphatic rings. The molecule has 0 aromatic carbocycles. The molecule has 0 saturated carbocycles. The molecule has 0 radical (unpaired) electrons. The first kappa shape index (κ1) is 12.9. The van der Waals surface area contributed by atoms with Gasteiger partial charge in [-0.05, 0) is 30.7 Å². The molecular weight excluding hydrogens is 282 g/mol. The highest BCUT2D eigenvalue weighted by Gasteiger charge is 2.34. The zero-order chi connectivity index (χ0) is 13.3. The van der Waals surface area contributed by atoms with Crippen molar-refractivity contribution in [1.82, 2.24) is 9.21 Å². The van der Waals surface area contributed by atoms with Crippen molar-refractivity contribution in [3.63, 3.8) is 0 Å². The Morgan fingerprint density at radius 3 is 2.63 bits per heavy atom. The van der Waals surface area contributed by atoms with E-state index in [0.717, 1.165) is 25.9 Å². The quantitative estimate of drug-likeness (QED) is 0.833. The lowest BCUT2D eigenvalue weighted by Crippen LogP contribution is -2.46. The monoisotopic (exact) mass is 299 g/mol. The lowest BCUT2D eigenvalue weighted by molar-refractivity contribution is 0.321. The summed E-state index contributed by atoms with van der Waals surface area (Å²) in [7, 11) is -3.41. The smallest absolute Gasteiger partial charge is 0.276 e. The highest BCUT2D eigenvalue weighted by Crippen LogP contribution is 2.25. The highest BCUT2D eigenvalue weighted by atomic mass is 32.2. The first-order valence-corrected chi connectivity index (χ1v) is 8.87. The van der Waals surface area contributed by atoms with Gasteiger partial charge in [0.1, 0.15) is 4.21 Å². The van der Waals surface area contributed by atoms with E-state index in [0.29, 0.717) is 23.3 Å². The van der Waals surface area contributed by atoms with Crippen LogP contribution in [0.4, 0.5) is 0 Å². The number of rotatable bonds is 2. The minimum absolute atomic E-state index is 0.402. The summed E-state index contributed by atoms with van der Waals surface area (Å²) < 4.78 is 27.0.